The van der Waals surface area contributed by atoms with Crippen LogP contribution in [-0.4, -0.2) is 41.7 Å². The Morgan fingerprint density at radius 2 is 2.40 bits per heavy atom. The summed E-state index contributed by atoms with van der Waals surface area (Å²) in [6.45, 7) is -0.329. The van der Waals surface area contributed by atoms with E-state index in [1.165, 1.54) is 0 Å². The van der Waals surface area contributed by atoms with Crippen LogP contribution in [0.4, 0.5) is 4.53 Å². The number of rotatable bonds is 2. The van der Waals surface area contributed by atoms with Crippen molar-refractivity contribution in [2.45, 2.75) is 18.3 Å². The molecule has 1 rings (SSSR count). The summed E-state index contributed by atoms with van der Waals surface area (Å²) in [5, 5.41) is 17.5. The third-order valence-electron chi connectivity index (χ3n) is 1.53. The van der Waals surface area contributed by atoms with E-state index < -0.39 is 18.3 Å². The average molecular weight is 152 g/mol. The van der Waals surface area contributed by atoms with Gasteiger partial charge in [-0.05, 0) is 4.53 Å². The highest BCUT2D eigenvalue weighted by Crippen LogP contribution is 2.16. The normalized spacial score (nSPS) is 40.5. The zero-order chi connectivity index (χ0) is 7.56. The van der Waals surface area contributed by atoms with Crippen LogP contribution in [0, 0.1) is 0 Å². The van der Waals surface area contributed by atoms with Gasteiger partial charge in [0.15, 0.2) is 0 Å². The van der Waals surface area contributed by atoms with Crippen LogP contribution in [0.2, 0.25) is 0 Å². The predicted octanol–water partition coefficient (Wildman–Crippen LogP) is -0.992. The fraction of sp³-hybridized carbons (Fsp3) is 1.00. The molecule has 0 saturated carbocycles. The number of halogens is 1. The van der Waals surface area contributed by atoms with Crippen LogP contribution >= 0.6 is 0 Å². The van der Waals surface area contributed by atoms with Gasteiger partial charge in [-0.2, -0.15) is 4.94 Å². The highest BCUT2D eigenvalue weighted by molar-refractivity contribution is 4.82. The molecule has 0 radical (unpaired) electrons. The van der Waals surface area contributed by atoms with Crippen molar-refractivity contribution in [3.63, 3.8) is 0 Å². The minimum absolute atomic E-state index is 0.0110. The van der Waals surface area contributed by atoms with Gasteiger partial charge in [0, 0.05) is 0 Å². The molecule has 0 amide bonds. The monoisotopic (exact) mass is 152 g/mol. The van der Waals surface area contributed by atoms with E-state index in [0.717, 1.165) is 0 Å². The van der Waals surface area contributed by atoms with Crippen LogP contribution in [0.15, 0.2) is 0 Å². The molecule has 1 aliphatic heterocycles. The standard InChI is InChI=1S/C5H9FO4/c6-10-4-2-9-3(1-7)5(4)8/h3-5,7-8H,1-2H2/t3-,4+,5-/m1/s1. The zero-order valence-corrected chi connectivity index (χ0v) is 5.24. The van der Waals surface area contributed by atoms with E-state index >= 15 is 0 Å². The van der Waals surface area contributed by atoms with E-state index in [4.69, 9.17) is 14.9 Å². The molecule has 0 aliphatic carbocycles. The maximum Gasteiger partial charge on any atom is 0.150 e. The molecule has 0 bridgehead atoms. The van der Waals surface area contributed by atoms with Crippen LogP contribution in [0.25, 0.3) is 0 Å². The summed E-state index contributed by atoms with van der Waals surface area (Å²) < 4.78 is 16.2. The van der Waals surface area contributed by atoms with Gasteiger partial charge in [0.05, 0.1) is 13.2 Å². The van der Waals surface area contributed by atoms with Gasteiger partial charge < -0.3 is 14.9 Å². The quantitative estimate of drug-likeness (QED) is 0.533. The minimum atomic E-state index is -1.06. The van der Waals surface area contributed by atoms with E-state index in [9.17, 15) is 4.53 Å². The molecule has 0 aromatic rings. The molecule has 5 heteroatoms. The summed E-state index contributed by atoms with van der Waals surface area (Å²) in [5.41, 5.74) is 0. The second-order valence-corrected chi connectivity index (χ2v) is 2.17. The fourth-order valence-corrected chi connectivity index (χ4v) is 0.894. The van der Waals surface area contributed by atoms with Gasteiger partial charge in [0.1, 0.15) is 18.3 Å². The van der Waals surface area contributed by atoms with E-state index in [1.807, 2.05) is 0 Å². The van der Waals surface area contributed by atoms with Crippen molar-refractivity contribution in [2.24, 2.45) is 0 Å². The Kier molecular flexibility index (Phi) is 2.56. The number of hydrogen-bond donors (Lipinski definition) is 2. The first-order valence-corrected chi connectivity index (χ1v) is 2.97. The number of aliphatic hydroxyl groups is 2. The molecule has 10 heavy (non-hydrogen) atoms. The Balaban J connectivity index is 2.41. The van der Waals surface area contributed by atoms with Gasteiger partial charge in [-0.1, -0.05) is 0 Å². The average Bonchev–Trinajstić information content (AvgIpc) is 2.30. The number of ether oxygens (including phenoxy) is 1. The van der Waals surface area contributed by atoms with Crippen molar-refractivity contribution in [2.75, 3.05) is 13.2 Å². The molecule has 1 saturated heterocycles. The van der Waals surface area contributed by atoms with Crippen molar-refractivity contribution < 1.29 is 24.4 Å². The smallest absolute Gasteiger partial charge is 0.150 e. The summed E-state index contributed by atoms with van der Waals surface area (Å²) in [5.74, 6) is 0. The second-order valence-electron chi connectivity index (χ2n) is 2.17. The molecule has 0 aromatic heterocycles. The molecule has 4 nitrogen and oxygen atoms in total. The van der Waals surface area contributed by atoms with Crippen molar-refractivity contribution in [1.82, 2.24) is 0 Å². The molecule has 0 unspecified atom stereocenters. The van der Waals surface area contributed by atoms with Crippen LogP contribution in [0.5, 0.6) is 0 Å². The summed E-state index contributed by atoms with van der Waals surface area (Å²) >= 11 is 0. The SMILES string of the molecule is OC[C@H]1OC[C@H](OF)[C@@H]1O. The molecule has 1 heterocycles. The molecule has 2 N–H and O–H groups in total. The second kappa shape index (κ2) is 3.25. The molecule has 1 fully saturated rings. The number of hydrogen-bond acceptors (Lipinski definition) is 4. The lowest BCUT2D eigenvalue weighted by Gasteiger charge is -2.10. The van der Waals surface area contributed by atoms with E-state index in [0.29, 0.717) is 0 Å². The first-order chi connectivity index (χ1) is 4.79. The lowest BCUT2D eigenvalue weighted by molar-refractivity contribution is -0.198. The fourth-order valence-electron chi connectivity index (χ4n) is 0.894. The lowest BCUT2D eigenvalue weighted by Crippen LogP contribution is -2.32. The molecule has 60 valence electrons. The van der Waals surface area contributed by atoms with Crippen molar-refractivity contribution in [3.8, 4) is 0 Å². The highest BCUT2D eigenvalue weighted by atomic mass is 19.3. The van der Waals surface area contributed by atoms with E-state index in [1.54, 1.807) is 0 Å². The van der Waals surface area contributed by atoms with E-state index in [2.05, 4.69) is 4.94 Å². The van der Waals surface area contributed by atoms with Gasteiger partial charge in [0.25, 0.3) is 0 Å². The molecule has 0 spiro atoms. The maximum atomic E-state index is 11.4. The Hall–Kier alpha value is -0.230. The summed E-state index contributed by atoms with van der Waals surface area (Å²) in [7, 11) is 0. The highest BCUT2D eigenvalue weighted by Gasteiger charge is 2.36. The van der Waals surface area contributed by atoms with Crippen LogP contribution < -0.4 is 0 Å². The number of aliphatic hydroxyl groups excluding tert-OH is 2. The predicted molar refractivity (Wildman–Crippen MR) is 28.8 cm³/mol. The largest absolute Gasteiger partial charge is 0.394 e. The first kappa shape index (κ1) is 7.87. The molecular formula is C5H9FO4. The van der Waals surface area contributed by atoms with Gasteiger partial charge >= 0.3 is 0 Å². The third kappa shape index (κ3) is 1.27. The zero-order valence-electron chi connectivity index (χ0n) is 5.24. The van der Waals surface area contributed by atoms with Gasteiger partial charge in [-0.3, -0.25) is 0 Å². The molecule has 1 aliphatic rings. The molecule has 3 atom stereocenters. The Morgan fingerprint density at radius 3 is 2.70 bits per heavy atom. The first-order valence-electron chi connectivity index (χ1n) is 2.97. The van der Waals surface area contributed by atoms with E-state index in [-0.39, 0.29) is 13.2 Å². The van der Waals surface area contributed by atoms with Gasteiger partial charge in [-0.25, -0.2) is 0 Å². The van der Waals surface area contributed by atoms with Crippen molar-refractivity contribution >= 4 is 0 Å². The minimum Gasteiger partial charge on any atom is -0.394 e. The van der Waals surface area contributed by atoms with Gasteiger partial charge in [0.2, 0.25) is 0 Å². The maximum absolute atomic E-state index is 11.4. The van der Waals surface area contributed by atoms with Crippen molar-refractivity contribution in [3.05, 3.63) is 0 Å². The van der Waals surface area contributed by atoms with Crippen LogP contribution in [0.3, 0.4) is 0 Å². The molecular weight excluding hydrogens is 143 g/mol. The Morgan fingerprint density at radius 1 is 1.70 bits per heavy atom. The summed E-state index contributed by atoms with van der Waals surface area (Å²) in [4.78, 5) is 3.37. The molecule has 0 aromatic carbocycles. The van der Waals surface area contributed by atoms with Gasteiger partial charge in [-0.15, -0.1) is 0 Å². The lowest BCUT2D eigenvalue weighted by atomic mass is 10.2. The van der Waals surface area contributed by atoms with Crippen molar-refractivity contribution in [1.29, 1.82) is 0 Å². The third-order valence-corrected chi connectivity index (χ3v) is 1.53. The van der Waals surface area contributed by atoms with Crippen LogP contribution in [0.1, 0.15) is 0 Å². The summed E-state index contributed by atoms with van der Waals surface area (Å²) in [6, 6.07) is 0. The topological polar surface area (TPSA) is 58.9 Å². The Bertz CT molecular complexity index is 97.8. The Labute approximate surface area is 57.1 Å². The van der Waals surface area contributed by atoms with Crippen LogP contribution in [-0.2, 0) is 9.68 Å². The summed E-state index contributed by atoms with van der Waals surface area (Å²) in [6.07, 6.45) is -2.71.